The molecule has 1 saturated heterocycles. The quantitative estimate of drug-likeness (QED) is 0.546. The molecule has 1 aromatic heterocycles. The van der Waals surface area contributed by atoms with Gasteiger partial charge in [0.15, 0.2) is 5.13 Å². The normalized spacial score (nSPS) is 16.5. The van der Waals surface area contributed by atoms with Crippen LogP contribution < -0.4 is 15.5 Å². The summed E-state index contributed by atoms with van der Waals surface area (Å²) in [5, 5.41) is 2.95. The Morgan fingerprint density at radius 3 is 2.60 bits per heavy atom. The second kappa shape index (κ2) is 9.69. The number of piperazine rings is 1. The lowest BCUT2D eigenvalue weighted by molar-refractivity contribution is 0.0989. The summed E-state index contributed by atoms with van der Waals surface area (Å²) >= 11 is 1.59. The number of aryl methyl sites for hydroxylation is 1. The van der Waals surface area contributed by atoms with Crippen molar-refractivity contribution < 1.29 is 13.2 Å². The van der Waals surface area contributed by atoms with Crippen molar-refractivity contribution in [2.24, 2.45) is 5.73 Å². The lowest BCUT2D eigenvalue weighted by Crippen LogP contribution is -2.48. The van der Waals surface area contributed by atoms with Gasteiger partial charge in [0, 0.05) is 49.4 Å². The Morgan fingerprint density at radius 2 is 1.89 bits per heavy atom. The number of aromatic nitrogens is 1. The molecular formula is C25H29N5O3S2. The highest BCUT2D eigenvalue weighted by Crippen LogP contribution is 2.33. The van der Waals surface area contributed by atoms with Crippen LogP contribution in [0.4, 0.5) is 10.8 Å². The Morgan fingerprint density at radius 1 is 1.09 bits per heavy atom. The number of rotatable bonds is 6. The van der Waals surface area contributed by atoms with Crippen LogP contribution in [0.2, 0.25) is 0 Å². The molecule has 35 heavy (non-hydrogen) atoms. The average Bonchev–Trinajstić information content (AvgIpc) is 3.50. The molecule has 8 nitrogen and oxygen atoms in total. The van der Waals surface area contributed by atoms with E-state index in [-0.39, 0.29) is 10.8 Å². The molecule has 0 unspecified atom stereocenters. The summed E-state index contributed by atoms with van der Waals surface area (Å²) in [5.74, 6) is -0.0771. The number of nitrogens with zero attached hydrogens (tertiary/aromatic N) is 4. The fourth-order valence-corrected chi connectivity index (χ4v) is 7.02. The number of carbonyl (C=O) groups is 1. The van der Waals surface area contributed by atoms with Gasteiger partial charge in [-0.25, -0.2) is 13.4 Å². The van der Waals surface area contributed by atoms with Crippen LogP contribution in [0, 0.1) is 6.92 Å². The number of carbonyl (C=O) groups excluding carboxylic acids is 1. The smallest absolute Gasteiger partial charge is 0.258 e. The topological polar surface area (TPSA) is 99.8 Å². The molecule has 3 aromatic rings. The Kier molecular flexibility index (Phi) is 6.63. The molecule has 10 heteroatoms. The fourth-order valence-electron chi connectivity index (χ4n) is 4.69. The summed E-state index contributed by atoms with van der Waals surface area (Å²) in [6.07, 6.45) is 1.35. The van der Waals surface area contributed by atoms with Gasteiger partial charge >= 0.3 is 0 Å². The lowest BCUT2D eigenvalue weighted by atomic mass is 10.1. The molecule has 3 heterocycles. The van der Waals surface area contributed by atoms with Gasteiger partial charge in [-0.05, 0) is 67.8 Å². The van der Waals surface area contributed by atoms with Gasteiger partial charge in [0.1, 0.15) is 0 Å². The second-order valence-corrected chi connectivity index (χ2v) is 11.7. The molecule has 2 N–H and O–H groups in total. The number of nitrogens with two attached hydrogens (primary N) is 1. The molecule has 1 fully saturated rings. The summed E-state index contributed by atoms with van der Waals surface area (Å²) in [7, 11) is -3.61. The van der Waals surface area contributed by atoms with Gasteiger partial charge < -0.3 is 15.5 Å². The third-order valence-corrected chi connectivity index (χ3v) is 9.47. The zero-order valence-corrected chi connectivity index (χ0v) is 21.3. The van der Waals surface area contributed by atoms with Crippen molar-refractivity contribution in [2.75, 3.05) is 49.1 Å². The van der Waals surface area contributed by atoms with Crippen molar-refractivity contribution in [1.82, 2.24) is 9.29 Å². The molecule has 0 spiro atoms. The van der Waals surface area contributed by atoms with Crippen LogP contribution in [0.1, 0.15) is 27.2 Å². The first-order valence-corrected chi connectivity index (χ1v) is 14.1. The number of hydrogen-bond acceptors (Lipinski definition) is 7. The Labute approximate surface area is 210 Å². The van der Waals surface area contributed by atoms with Crippen LogP contribution in [-0.2, 0) is 22.9 Å². The molecule has 0 saturated carbocycles. The molecule has 0 radical (unpaired) electrons. The predicted octanol–water partition coefficient (Wildman–Crippen LogP) is 2.67. The Balaban J connectivity index is 1.31. The van der Waals surface area contributed by atoms with E-state index in [0.29, 0.717) is 51.3 Å². The van der Waals surface area contributed by atoms with Crippen molar-refractivity contribution in [3.63, 3.8) is 0 Å². The number of amides is 1. The van der Waals surface area contributed by atoms with Gasteiger partial charge in [-0.15, -0.1) is 11.3 Å². The highest BCUT2D eigenvalue weighted by atomic mass is 32.2. The fraction of sp³-hybridized carbons (Fsp3) is 0.360. The molecular weight excluding hydrogens is 482 g/mol. The number of thiazole rings is 1. The maximum Gasteiger partial charge on any atom is 0.258 e. The number of sulfonamides is 1. The lowest BCUT2D eigenvalue weighted by Gasteiger charge is -2.33. The minimum absolute atomic E-state index is 0.0771. The SMILES string of the molecule is Cc1csc(N2CCN(S(=O)(=O)c3ccc4c(c3)CCN4C(=O)c3cccc(CCN)c3)CC2)n1. The van der Waals surface area contributed by atoms with Crippen LogP contribution in [0.5, 0.6) is 0 Å². The van der Waals surface area contributed by atoms with Gasteiger partial charge in [-0.2, -0.15) is 4.31 Å². The van der Waals surface area contributed by atoms with Gasteiger partial charge in [-0.1, -0.05) is 12.1 Å². The number of anilines is 2. The van der Waals surface area contributed by atoms with Crippen molar-refractivity contribution in [1.29, 1.82) is 0 Å². The molecule has 0 atom stereocenters. The molecule has 2 aliphatic rings. The maximum atomic E-state index is 13.4. The van der Waals surface area contributed by atoms with Gasteiger partial charge in [-0.3, -0.25) is 4.79 Å². The maximum absolute atomic E-state index is 13.4. The van der Waals surface area contributed by atoms with Crippen molar-refractivity contribution in [3.05, 3.63) is 70.2 Å². The summed E-state index contributed by atoms with van der Waals surface area (Å²) in [4.78, 5) is 21.9. The van der Waals surface area contributed by atoms with E-state index in [1.807, 2.05) is 36.6 Å². The first kappa shape index (κ1) is 23.9. The molecule has 184 valence electrons. The van der Waals surface area contributed by atoms with E-state index in [2.05, 4.69) is 9.88 Å². The van der Waals surface area contributed by atoms with E-state index in [9.17, 15) is 13.2 Å². The van der Waals surface area contributed by atoms with Crippen molar-refractivity contribution in [2.45, 2.75) is 24.7 Å². The first-order valence-electron chi connectivity index (χ1n) is 11.8. The molecule has 2 aliphatic heterocycles. The summed E-state index contributed by atoms with van der Waals surface area (Å²) < 4.78 is 28.3. The predicted molar refractivity (Wildman–Crippen MR) is 139 cm³/mol. The highest BCUT2D eigenvalue weighted by Gasteiger charge is 2.32. The number of fused-ring (bicyclic) bond motifs is 1. The summed E-state index contributed by atoms with van der Waals surface area (Å²) in [6.45, 7) is 5.09. The highest BCUT2D eigenvalue weighted by molar-refractivity contribution is 7.89. The second-order valence-electron chi connectivity index (χ2n) is 8.90. The standard InChI is InChI=1S/C25H29N5O3S2/c1-18-17-34-25(27-18)28-11-13-29(14-12-28)35(32,33)22-5-6-23-20(16-22)8-10-30(23)24(31)21-4-2-3-19(15-21)7-9-26/h2-6,15-17H,7-14,26H2,1H3. The Hall–Kier alpha value is -2.79. The van der Waals surface area contributed by atoms with E-state index < -0.39 is 10.0 Å². The van der Waals surface area contributed by atoms with Gasteiger partial charge in [0.25, 0.3) is 5.91 Å². The zero-order chi connectivity index (χ0) is 24.6. The Bertz CT molecular complexity index is 1350. The van der Waals surface area contributed by atoms with Crippen molar-refractivity contribution in [3.8, 4) is 0 Å². The number of benzene rings is 2. The number of hydrogen-bond donors (Lipinski definition) is 1. The van der Waals surface area contributed by atoms with E-state index in [1.54, 1.807) is 38.7 Å². The zero-order valence-electron chi connectivity index (χ0n) is 19.7. The van der Waals surface area contributed by atoms with E-state index >= 15 is 0 Å². The third kappa shape index (κ3) is 4.71. The van der Waals surface area contributed by atoms with Crippen LogP contribution in [0.3, 0.4) is 0 Å². The van der Waals surface area contributed by atoms with Gasteiger partial charge in [0.2, 0.25) is 10.0 Å². The van der Waals surface area contributed by atoms with Crippen LogP contribution in [-0.4, -0.2) is 62.9 Å². The molecule has 2 aromatic carbocycles. The summed E-state index contributed by atoms with van der Waals surface area (Å²) in [6, 6.07) is 12.7. The monoisotopic (exact) mass is 511 g/mol. The molecule has 0 bridgehead atoms. The van der Waals surface area contributed by atoms with E-state index in [0.717, 1.165) is 34.1 Å². The first-order chi connectivity index (χ1) is 16.9. The van der Waals surface area contributed by atoms with Crippen molar-refractivity contribution >= 4 is 38.1 Å². The van der Waals surface area contributed by atoms with Crippen LogP contribution >= 0.6 is 11.3 Å². The largest absolute Gasteiger partial charge is 0.345 e. The summed E-state index contributed by atoms with van der Waals surface area (Å²) in [5.41, 5.74) is 9.95. The minimum atomic E-state index is -3.61. The molecule has 0 aliphatic carbocycles. The minimum Gasteiger partial charge on any atom is -0.345 e. The third-order valence-electron chi connectivity index (χ3n) is 6.55. The molecule has 5 rings (SSSR count). The van der Waals surface area contributed by atoms with E-state index in [1.165, 1.54) is 0 Å². The van der Waals surface area contributed by atoms with E-state index in [4.69, 9.17) is 5.73 Å². The van der Waals surface area contributed by atoms with Crippen LogP contribution in [0.15, 0.2) is 52.7 Å². The van der Waals surface area contributed by atoms with Crippen LogP contribution in [0.25, 0.3) is 0 Å². The molecule has 1 amide bonds. The average molecular weight is 512 g/mol. The van der Waals surface area contributed by atoms with Gasteiger partial charge in [0.05, 0.1) is 10.6 Å².